The smallest absolute Gasteiger partial charge is 0.224 e. The lowest BCUT2D eigenvalue weighted by molar-refractivity contribution is -0.128. The fourth-order valence-electron chi connectivity index (χ4n) is 4.86. The molecule has 2 rings (SSSR count). The Bertz CT molecular complexity index is 517. The number of amides is 1. The van der Waals surface area contributed by atoms with Gasteiger partial charge in [-0.2, -0.15) is 5.26 Å². The third-order valence-corrected chi connectivity index (χ3v) is 6.45. The zero-order valence-electron chi connectivity index (χ0n) is 17.3. The number of ketones is 1. The van der Waals surface area contributed by atoms with E-state index in [9.17, 15) is 14.9 Å². The monoisotopic (exact) mass is 374 g/mol. The van der Waals surface area contributed by atoms with Crippen LogP contribution in [0.2, 0.25) is 0 Å². The molecule has 0 aromatic carbocycles. The van der Waals surface area contributed by atoms with Crippen LogP contribution in [0.3, 0.4) is 0 Å². The zero-order valence-corrected chi connectivity index (χ0v) is 17.3. The number of Topliss-reactive ketones (excluding diaryl/α,β-unsaturated/α-hetero) is 1. The molecule has 0 aromatic rings. The van der Waals surface area contributed by atoms with Crippen LogP contribution in [0.15, 0.2) is 0 Å². The summed E-state index contributed by atoms with van der Waals surface area (Å²) in [6, 6.07) is 1.70. The van der Waals surface area contributed by atoms with Crippen molar-refractivity contribution in [2.75, 3.05) is 0 Å². The van der Waals surface area contributed by atoms with Crippen molar-refractivity contribution in [2.24, 2.45) is 23.7 Å². The van der Waals surface area contributed by atoms with Crippen LogP contribution < -0.4 is 5.32 Å². The van der Waals surface area contributed by atoms with Gasteiger partial charge in [0.2, 0.25) is 5.91 Å². The molecular formula is C23H38N2O2. The van der Waals surface area contributed by atoms with Gasteiger partial charge in [0.05, 0.1) is 6.07 Å². The highest BCUT2D eigenvalue weighted by Crippen LogP contribution is 2.30. The zero-order chi connectivity index (χ0) is 19.6. The molecule has 2 aliphatic carbocycles. The molecule has 3 atom stereocenters. The predicted octanol–water partition coefficient (Wildman–Crippen LogP) is 5.17. The lowest BCUT2D eigenvalue weighted by Crippen LogP contribution is -2.41. The summed E-state index contributed by atoms with van der Waals surface area (Å²) in [6.07, 6.45) is 13.6. The van der Waals surface area contributed by atoms with Crippen LogP contribution in [0.4, 0.5) is 0 Å². The first-order valence-corrected chi connectivity index (χ1v) is 11.2. The summed E-state index contributed by atoms with van der Waals surface area (Å²) < 4.78 is 0. The topological polar surface area (TPSA) is 70.0 Å². The lowest BCUT2D eigenvalue weighted by atomic mass is 9.82. The molecule has 1 N–H and O–H groups in total. The molecule has 1 amide bonds. The van der Waals surface area contributed by atoms with Gasteiger partial charge < -0.3 is 5.32 Å². The molecule has 0 aromatic heterocycles. The average Bonchev–Trinajstić information content (AvgIpc) is 2.66. The Morgan fingerprint density at radius 2 is 1.85 bits per heavy atom. The first-order chi connectivity index (χ1) is 13.0. The van der Waals surface area contributed by atoms with E-state index in [0.29, 0.717) is 18.8 Å². The van der Waals surface area contributed by atoms with Crippen LogP contribution in [0.1, 0.15) is 97.3 Å². The first kappa shape index (κ1) is 21.9. The van der Waals surface area contributed by atoms with Crippen molar-refractivity contribution in [2.45, 2.75) is 103 Å². The van der Waals surface area contributed by atoms with Gasteiger partial charge in [-0.15, -0.1) is 0 Å². The van der Waals surface area contributed by atoms with Crippen molar-refractivity contribution < 1.29 is 9.59 Å². The van der Waals surface area contributed by atoms with Crippen LogP contribution in [0, 0.1) is 35.0 Å². The second kappa shape index (κ2) is 11.5. The van der Waals surface area contributed by atoms with Crippen LogP contribution in [0.25, 0.3) is 0 Å². The third-order valence-electron chi connectivity index (χ3n) is 6.45. The molecular weight excluding hydrogens is 336 g/mol. The summed E-state index contributed by atoms with van der Waals surface area (Å²) in [6.45, 7) is 4.31. The Kier molecular flexibility index (Phi) is 9.31. The molecule has 0 radical (unpaired) electrons. The number of rotatable bonds is 9. The minimum Gasteiger partial charge on any atom is -0.340 e. The largest absolute Gasteiger partial charge is 0.340 e. The van der Waals surface area contributed by atoms with Gasteiger partial charge in [0.15, 0.2) is 0 Å². The van der Waals surface area contributed by atoms with E-state index in [1.807, 2.05) is 0 Å². The highest BCUT2D eigenvalue weighted by molar-refractivity contribution is 5.82. The first-order valence-electron chi connectivity index (χ1n) is 11.2. The van der Waals surface area contributed by atoms with Crippen LogP contribution in [0.5, 0.6) is 0 Å². The molecule has 0 saturated heterocycles. The lowest BCUT2D eigenvalue weighted by Gasteiger charge is -2.26. The molecule has 0 aliphatic heterocycles. The van der Waals surface area contributed by atoms with E-state index in [4.69, 9.17) is 0 Å². The number of hydrogen-bond acceptors (Lipinski definition) is 3. The van der Waals surface area contributed by atoms with Gasteiger partial charge in [0, 0.05) is 18.3 Å². The molecule has 4 nitrogen and oxygen atoms in total. The molecule has 152 valence electrons. The minimum absolute atomic E-state index is 0.00941. The van der Waals surface area contributed by atoms with Gasteiger partial charge in [-0.3, -0.25) is 9.59 Å². The molecule has 0 heterocycles. The van der Waals surface area contributed by atoms with Crippen LogP contribution in [-0.4, -0.2) is 17.7 Å². The number of nitrogens with one attached hydrogen (secondary N) is 1. The standard InChI is InChI=1S/C23H38N2O2/c1-17(2)14-20(13-12-18-8-4-3-5-9-18)23(27)25-21(16-24)15-19-10-6-7-11-22(19)26/h17-21H,3-15H2,1-2H3,(H,25,27)/t19-,20-,21-/m0/s1. The molecule has 4 heteroatoms. The van der Waals surface area contributed by atoms with Crippen molar-refractivity contribution in [1.29, 1.82) is 5.26 Å². The van der Waals surface area contributed by atoms with E-state index in [1.54, 1.807) is 0 Å². The molecule has 27 heavy (non-hydrogen) atoms. The summed E-state index contributed by atoms with van der Waals surface area (Å²) in [4.78, 5) is 25.0. The Balaban J connectivity index is 1.87. The molecule has 2 fully saturated rings. The number of carbonyl (C=O) groups is 2. The number of nitriles is 1. The predicted molar refractivity (Wildman–Crippen MR) is 108 cm³/mol. The highest BCUT2D eigenvalue weighted by atomic mass is 16.2. The second-order valence-corrected chi connectivity index (χ2v) is 9.24. The Hall–Kier alpha value is -1.37. The maximum atomic E-state index is 12.9. The van der Waals surface area contributed by atoms with Gasteiger partial charge in [0.25, 0.3) is 0 Å². The van der Waals surface area contributed by atoms with Crippen molar-refractivity contribution in [1.82, 2.24) is 5.32 Å². The summed E-state index contributed by atoms with van der Waals surface area (Å²) in [7, 11) is 0. The van der Waals surface area contributed by atoms with Crippen LogP contribution >= 0.6 is 0 Å². The van der Waals surface area contributed by atoms with E-state index in [-0.39, 0.29) is 23.5 Å². The maximum Gasteiger partial charge on any atom is 0.224 e. The van der Waals surface area contributed by atoms with Gasteiger partial charge in [-0.05, 0) is 50.4 Å². The van der Waals surface area contributed by atoms with Crippen LogP contribution in [-0.2, 0) is 9.59 Å². The molecule has 0 unspecified atom stereocenters. The van der Waals surface area contributed by atoms with Crippen molar-refractivity contribution in [3.63, 3.8) is 0 Å². The van der Waals surface area contributed by atoms with Gasteiger partial charge >= 0.3 is 0 Å². The summed E-state index contributed by atoms with van der Waals surface area (Å²) >= 11 is 0. The van der Waals surface area contributed by atoms with E-state index in [1.165, 1.54) is 32.1 Å². The molecule has 0 spiro atoms. The van der Waals surface area contributed by atoms with E-state index in [0.717, 1.165) is 44.4 Å². The SMILES string of the molecule is CC(C)C[C@H](CCC1CCCCC1)C(=O)N[C@H](C#N)C[C@@H]1CCCCC1=O. The fourth-order valence-corrected chi connectivity index (χ4v) is 4.86. The van der Waals surface area contributed by atoms with Gasteiger partial charge in [0.1, 0.15) is 11.8 Å². The second-order valence-electron chi connectivity index (χ2n) is 9.24. The quantitative estimate of drug-likeness (QED) is 0.605. The van der Waals surface area contributed by atoms with E-state index >= 15 is 0 Å². The van der Waals surface area contributed by atoms with Crippen molar-refractivity contribution in [3.8, 4) is 6.07 Å². The number of hydrogen-bond donors (Lipinski definition) is 1. The van der Waals surface area contributed by atoms with Crippen molar-refractivity contribution >= 4 is 11.7 Å². The summed E-state index contributed by atoms with van der Waals surface area (Å²) in [5, 5.41) is 12.5. The summed E-state index contributed by atoms with van der Waals surface area (Å²) in [5.41, 5.74) is 0. The average molecular weight is 375 g/mol. The molecule has 0 bridgehead atoms. The number of nitrogens with zero attached hydrogens (tertiary/aromatic N) is 1. The Morgan fingerprint density at radius 1 is 1.15 bits per heavy atom. The normalized spacial score (nSPS) is 23.6. The Morgan fingerprint density at radius 3 is 2.48 bits per heavy atom. The molecule has 2 aliphatic rings. The third kappa shape index (κ3) is 7.64. The maximum absolute atomic E-state index is 12.9. The van der Waals surface area contributed by atoms with Crippen molar-refractivity contribution in [3.05, 3.63) is 0 Å². The molecule has 2 saturated carbocycles. The van der Waals surface area contributed by atoms with E-state index in [2.05, 4.69) is 25.2 Å². The van der Waals surface area contributed by atoms with Gasteiger partial charge in [-0.1, -0.05) is 52.4 Å². The minimum atomic E-state index is -0.533. The number of carbonyl (C=O) groups excluding carboxylic acids is 2. The van der Waals surface area contributed by atoms with Gasteiger partial charge in [-0.25, -0.2) is 0 Å². The summed E-state index contributed by atoms with van der Waals surface area (Å²) in [5.74, 6) is 1.47. The fraction of sp³-hybridized carbons (Fsp3) is 0.870. The Labute approximate surface area is 165 Å². The highest BCUT2D eigenvalue weighted by Gasteiger charge is 2.28. The van der Waals surface area contributed by atoms with E-state index < -0.39 is 6.04 Å².